The van der Waals surface area contributed by atoms with Gasteiger partial charge in [-0.3, -0.25) is 4.79 Å². The normalized spacial score (nSPS) is 9.95. The molecule has 2 aromatic carbocycles. The summed E-state index contributed by atoms with van der Waals surface area (Å²) in [7, 11) is 3.29. The van der Waals surface area contributed by atoms with Crippen molar-refractivity contribution in [2.75, 3.05) is 14.2 Å². The molecule has 114 valence electrons. The molecule has 3 heteroatoms. The predicted molar refractivity (Wildman–Crippen MR) is 88.4 cm³/mol. The smallest absolute Gasteiger partial charge is 0.133 e. The molecule has 3 nitrogen and oxygen atoms in total. The molecule has 0 aliphatic heterocycles. The van der Waals surface area contributed by atoms with Crippen molar-refractivity contribution in [3.63, 3.8) is 0 Å². The monoisotopic (exact) mass is 296 g/mol. The van der Waals surface area contributed by atoms with E-state index in [1.165, 1.54) is 0 Å². The number of methoxy groups -OCH3 is 2. The topological polar surface area (TPSA) is 35.5 Å². The van der Waals surface area contributed by atoms with E-state index in [-0.39, 0.29) is 5.78 Å². The lowest BCUT2D eigenvalue weighted by atomic mass is 9.96. The fourth-order valence-electron chi connectivity index (χ4n) is 2.19. The fourth-order valence-corrected chi connectivity index (χ4v) is 2.19. The minimum Gasteiger partial charge on any atom is -0.497 e. The van der Waals surface area contributed by atoms with Crippen LogP contribution in [0.15, 0.2) is 54.6 Å². The number of hydrogen-bond acceptors (Lipinski definition) is 3. The largest absolute Gasteiger partial charge is 0.497 e. The zero-order valence-electron chi connectivity index (χ0n) is 13.1. The Bertz CT molecular complexity index is 603. The molecule has 0 unspecified atom stereocenters. The summed E-state index contributed by atoms with van der Waals surface area (Å²) >= 11 is 0. The van der Waals surface area contributed by atoms with E-state index in [0.29, 0.717) is 6.42 Å². The summed E-state index contributed by atoms with van der Waals surface area (Å²) in [5, 5.41) is 0. The van der Waals surface area contributed by atoms with Crippen molar-refractivity contribution in [1.82, 2.24) is 0 Å². The van der Waals surface area contributed by atoms with Gasteiger partial charge in [-0.2, -0.15) is 0 Å². The maximum Gasteiger partial charge on any atom is 0.133 e. The molecule has 0 saturated heterocycles. The van der Waals surface area contributed by atoms with Crippen LogP contribution in [0.5, 0.6) is 11.5 Å². The van der Waals surface area contributed by atoms with Gasteiger partial charge >= 0.3 is 0 Å². The molecule has 0 spiro atoms. The van der Waals surface area contributed by atoms with Crippen LogP contribution >= 0.6 is 0 Å². The lowest BCUT2D eigenvalue weighted by molar-refractivity contribution is -0.116. The van der Waals surface area contributed by atoms with E-state index in [1.54, 1.807) is 21.1 Å². The van der Waals surface area contributed by atoms with Gasteiger partial charge in [0.2, 0.25) is 0 Å². The van der Waals surface area contributed by atoms with Crippen LogP contribution in [-0.2, 0) is 4.79 Å². The molecular formula is C19H20O3. The molecule has 0 radical (unpaired) electrons. The lowest BCUT2D eigenvalue weighted by Gasteiger charge is -2.10. The number of Topliss-reactive ketones (excluding diaryl/α,β-unsaturated/α-hetero) is 1. The first-order valence-corrected chi connectivity index (χ1v) is 7.12. The van der Waals surface area contributed by atoms with Crippen LogP contribution < -0.4 is 9.47 Å². The summed E-state index contributed by atoms with van der Waals surface area (Å²) < 4.78 is 10.4. The second kappa shape index (κ2) is 7.46. The Morgan fingerprint density at radius 1 is 0.864 bits per heavy atom. The fraction of sp³-hybridized carbons (Fsp3) is 0.211. The molecule has 2 rings (SSSR count). The number of ketones is 1. The number of hydrogen-bond donors (Lipinski definition) is 0. The van der Waals surface area contributed by atoms with Crippen LogP contribution in [0, 0.1) is 0 Å². The highest BCUT2D eigenvalue weighted by Crippen LogP contribution is 2.27. The Balaban J connectivity index is 2.40. The Hall–Kier alpha value is -2.55. The number of carbonyl (C=O) groups excluding carboxylic acids is 1. The van der Waals surface area contributed by atoms with E-state index < -0.39 is 0 Å². The standard InChI is InChI=1S/C19H20O3/c1-14(20)4-13-19(15-5-9-17(21-2)10-6-15)16-7-11-18(22-3)12-8-16/h5-13H,4H2,1-3H3. The minimum atomic E-state index is 0.138. The first-order chi connectivity index (χ1) is 10.6. The van der Waals surface area contributed by atoms with Gasteiger partial charge in [0.15, 0.2) is 0 Å². The predicted octanol–water partition coefficient (Wildman–Crippen LogP) is 4.11. The Morgan fingerprint density at radius 2 is 1.27 bits per heavy atom. The highest BCUT2D eigenvalue weighted by atomic mass is 16.5. The molecule has 0 saturated carbocycles. The van der Waals surface area contributed by atoms with Gasteiger partial charge in [0.1, 0.15) is 17.3 Å². The first-order valence-electron chi connectivity index (χ1n) is 7.12. The van der Waals surface area contributed by atoms with Crippen molar-refractivity contribution in [2.24, 2.45) is 0 Å². The summed E-state index contributed by atoms with van der Waals surface area (Å²) in [6.45, 7) is 1.59. The van der Waals surface area contributed by atoms with Gasteiger partial charge in [0.25, 0.3) is 0 Å². The van der Waals surface area contributed by atoms with Gasteiger partial charge in [-0.1, -0.05) is 30.3 Å². The Morgan fingerprint density at radius 3 is 1.59 bits per heavy atom. The molecule has 0 bridgehead atoms. The molecular weight excluding hydrogens is 276 g/mol. The molecule has 0 N–H and O–H groups in total. The zero-order chi connectivity index (χ0) is 15.9. The van der Waals surface area contributed by atoms with Crippen LogP contribution in [0.4, 0.5) is 0 Å². The van der Waals surface area contributed by atoms with Crippen LogP contribution in [-0.4, -0.2) is 20.0 Å². The number of benzene rings is 2. The van der Waals surface area contributed by atoms with E-state index in [2.05, 4.69) is 0 Å². The van der Waals surface area contributed by atoms with Gasteiger partial charge in [-0.15, -0.1) is 0 Å². The molecule has 2 aromatic rings. The molecule has 0 aromatic heterocycles. The van der Waals surface area contributed by atoms with E-state index in [9.17, 15) is 4.79 Å². The number of ether oxygens (including phenoxy) is 2. The minimum absolute atomic E-state index is 0.138. The quantitative estimate of drug-likeness (QED) is 0.804. The Kier molecular flexibility index (Phi) is 5.37. The molecule has 0 fully saturated rings. The van der Waals surface area contributed by atoms with Gasteiger partial charge in [0, 0.05) is 6.42 Å². The van der Waals surface area contributed by atoms with Crippen molar-refractivity contribution in [3.8, 4) is 11.5 Å². The van der Waals surface area contributed by atoms with Gasteiger partial charge < -0.3 is 9.47 Å². The SMILES string of the molecule is COc1ccc(C(=CCC(C)=O)c2ccc(OC)cc2)cc1. The van der Waals surface area contributed by atoms with Crippen LogP contribution in [0.1, 0.15) is 24.5 Å². The van der Waals surface area contributed by atoms with Crippen molar-refractivity contribution < 1.29 is 14.3 Å². The van der Waals surface area contributed by atoms with E-state index in [1.807, 2.05) is 54.6 Å². The molecule has 0 atom stereocenters. The van der Waals surface area contributed by atoms with E-state index in [0.717, 1.165) is 28.2 Å². The van der Waals surface area contributed by atoms with Crippen LogP contribution in [0.2, 0.25) is 0 Å². The molecule has 22 heavy (non-hydrogen) atoms. The summed E-state index contributed by atoms with van der Waals surface area (Å²) in [5.41, 5.74) is 3.12. The molecule has 0 amide bonds. The van der Waals surface area contributed by atoms with Gasteiger partial charge in [-0.05, 0) is 47.9 Å². The number of allylic oxidation sites excluding steroid dienone is 1. The van der Waals surface area contributed by atoms with E-state index in [4.69, 9.17) is 9.47 Å². The first kappa shape index (κ1) is 15.8. The highest BCUT2D eigenvalue weighted by molar-refractivity contribution is 5.85. The third-order valence-corrected chi connectivity index (χ3v) is 3.40. The molecule has 0 aliphatic carbocycles. The summed E-state index contributed by atoms with van der Waals surface area (Å²) in [6, 6.07) is 15.6. The zero-order valence-corrected chi connectivity index (χ0v) is 13.1. The Labute approximate surface area is 131 Å². The summed E-state index contributed by atoms with van der Waals surface area (Å²) in [5.74, 6) is 1.76. The second-order valence-electron chi connectivity index (χ2n) is 4.98. The third-order valence-electron chi connectivity index (χ3n) is 3.40. The van der Waals surface area contributed by atoms with Crippen molar-refractivity contribution in [2.45, 2.75) is 13.3 Å². The average Bonchev–Trinajstić information content (AvgIpc) is 2.56. The second-order valence-corrected chi connectivity index (χ2v) is 4.98. The van der Waals surface area contributed by atoms with Gasteiger partial charge in [-0.25, -0.2) is 0 Å². The van der Waals surface area contributed by atoms with Crippen molar-refractivity contribution >= 4 is 11.4 Å². The summed E-state index contributed by atoms with van der Waals surface area (Å²) in [6.07, 6.45) is 2.37. The highest BCUT2D eigenvalue weighted by Gasteiger charge is 2.06. The molecule has 0 aliphatic rings. The third kappa shape index (κ3) is 3.98. The van der Waals surface area contributed by atoms with Crippen LogP contribution in [0.3, 0.4) is 0 Å². The van der Waals surface area contributed by atoms with Crippen molar-refractivity contribution in [1.29, 1.82) is 0 Å². The van der Waals surface area contributed by atoms with E-state index >= 15 is 0 Å². The number of rotatable bonds is 6. The molecule has 0 heterocycles. The maximum atomic E-state index is 11.3. The van der Waals surface area contributed by atoms with Gasteiger partial charge in [0.05, 0.1) is 14.2 Å². The van der Waals surface area contributed by atoms with Crippen molar-refractivity contribution in [3.05, 3.63) is 65.7 Å². The summed E-state index contributed by atoms with van der Waals surface area (Å²) in [4.78, 5) is 11.3. The van der Waals surface area contributed by atoms with Crippen LogP contribution in [0.25, 0.3) is 5.57 Å². The lowest BCUT2D eigenvalue weighted by Crippen LogP contribution is -1.93. The number of carbonyl (C=O) groups is 1. The average molecular weight is 296 g/mol. The maximum absolute atomic E-state index is 11.3.